The van der Waals surface area contributed by atoms with Crippen molar-refractivity contribution in [3.05, 3.63) is 140 Å². The molecule has 0 aromatic heterocycles. The standard InChI is InChI=1S/C66H107O10P/c1-49(2)25-14-26-50(3)27-15-28-51(4)29-16-30-52(5)31-17-32-53(6)33-18-34-54(7)35-19-36-55(8)37-20-38-56(9)39-21-40-57(10)41-22-42-58(11)43-23-44-59(12)45-24-46-60(13)47-48-74-77(72,73)76-66-63(69)61(67)62(68)64(75-66)65(70)71/h25,27,29,31,33,35,37,39,41,43,45,47,61-64,66-69H,14-24,26,28,30,32,34,36,38,40,42,44,46,48H2,1-13H3,(H,70,71)(H,72,73)/b50-27+,51-29+,52-31-,53-33-,54-35-,55-37-,56-39-,57-41-,58-43-,59-45-,60-47-/t61?,62-,63?,64?,66+/m1/s1. The summed E-state index contributed by atoms with van der Waals surface area (Å²) in [4.78, 5) is 21.3. The van der Waals surface area contributed by atoms with Gasteiger partial charge in [0.15, 0.2) is 12.4 Å². The predicted octanol–water partition coefficient (Wildman–Crippen LogP) is 18.0. The number of phosphoric ester groups is 1. The normalized spacial score (nSPS) is 21.2. The highest BCUT2D eigenvalue weighted by Gasteiger charge is 2.49. The van der Waals surface area contributed by atoms with Crippen LogP contribution in [0.15, 0.2) is 140 Å². The SMILES string of the molecule is CC(C)=CCC/C(C)=C/CC/C(C)=C/CC/C(C)=C\CC/C(C)=C\CC/C(C)=C\CC/C(C)=C\CC/C(C)=C\CC/C(C)=C\CC/C(C)=C\CC/C(C)=C\CC/C(C)=C\COP(=O)(O)O[C@@H]1OC(C(=O)O)[C@H](O)C(O)C1O. The third-order valence-electron chi connectivity index (χ3n) is 14.1. The molecule has 1 aliphatic heterocycles. The average molecular weight is 1090 g/mol. The average Bonchev–Trinajstić information content (AvgIpc) is 3.33. The van der Waals surface area contributed by atoms with Crippen LogP contribution in [0, 0.1) is 0 Å². The van der Waals surface area contributed by atoms with E-state index < -0.39 is 44.5 Å². The third-order valence-corrected chi connectivity index (χ3v) is 15.1. The summed E-state index contributed by atoms with van der Waals surface area (Å²) in [5.41, 5.74) is 17.0. The molecule has 0 amide bonds. The second kappa shape index (κ2) is 41.3. The van der Waals surface area contributed by atoms with Gasteiger partial charge >= 0.3 is 13.8 Å². The van der Waals surface area contributed by atoms with Crippen molar-refractivity contribution in [3.8, 4) is 0 Å². The van der Waals surface area contributed by atoms with Gasteiger partial charge in [-0.05, 0) is 231 Å². The van der Waals surface area contributed by atoms with Crippen molar-refractivity contribution >= 4 is 13.8 Å². The molecule has 0 aromatic rings. The quantitative estimate of drug-likeness (QED) is 0.0296. The summed E-state index contributed by atoms with van der Waals surface area (Å²) in [6, 6.07) is 0. The van der Waals surface area contributed by atoms with E-state index in [-0.39, 0.29) is 6.61 Å². The lowest BCUT2D eigenvalue weighted by Gasteiger charge is -2.38. The molecule has 0 radical (unpaired) electrons. The van der Waals surface area contributed by atoms with Gasteiger partial charge < -0.3 is 30.1 Å². The van der Waals surface area contributed by atoms with Gasteiger partial charge in [0.25, 0.3) is 0 Å². The molecular weight excluding hydrogens is 984 g/mol. The topological polar surface area (TPSA) is 163 Å². The number of ether oxygens (including phenoxy) is 1. The zero-order valence-corrected chi connectivity index (χ0v) is 51.2. The van der Waals surface area contributed by atoms with Crippen molar-refractivity contribution in [1.82, 2.24) is 0 Å². The van der Waals surface area contributed by atoms with E-state index in [1.165, 1.54) is 74.1 Å². The summed E-state index contributed by atoms with van der Waals surface area (Å²) in [6.45, 7) is 28.5. The van der Waals surface area contributed by atoms with Crippen LogP contribution in [0.3, 0.4) is 0 Å². The summed E-state index contributed by atoms with van der Waals surface area (Å²) < 4.78 is 27.0. The summed E-state index contributed by atoms with van der Waals surface area (Å²) in [5, 5.41) is 38.9. The summed E-state index contributed by atoms with van der Waals surface area (Å²) in [5.74, 6) is -1.64. The molecule has 1 rings (SSSR count). The number of carboxylic acid groups (broad SMARTS) is 1. The second-order valence-electron chi connectivity index (χ2n) is 22.4. The molecule has 0 aromatic carbocycles. The molecule has 0 bridgehead atoms. The lowest BCUT2D eigenvalue weighted by Crippen LogP contribution is -2.60. The minimum Gasteiger partial charge on any atom is -0.479 e. The van der Waals surface area contributed by atoms with Gasteiger partial charge in [-0.2, -0.15) is 0 Å². The number of allylic oxidation sites excluding steroid dienone is 23. The maximum atomic E-state index is 12.4. The molecule has 0 aliphatic carbocycles. The highest BCUT2D eigenvalue weighted by atomic mass is 31.2. The van der Waals surface area contributed by atoms with Crippen LogP contribution in [-0.2, 0) is 23.1 Å². The Morgan fingerprint density at radius 1 is 0.390 bits per heavy atom. The van der Waals surface area contributed by atoms with Crippen LogP contribution >= 0.6 is 7.82 Å². The molecule has 1 aliphatic rings. The fraction of sp³-hybridized carbons (Fsp3) is 0.621. The molecule has 1 saturated heterocycles. The van der Waals surface area contributed by atoms with Crippen molar-refractivity contribution in [2.24, 2.45) is 0 Å². The molecule has 77 heavy (non-hydrogen) atoms. The first kappa shape index (κ1) is 71.3. The first-order chi connectivity index (χ1) is 36.4. The zero-order valence-electron chi connectivity index (χ0n) is 50.3. The minimum absolute atomic E-state index is 0.278. The van der Waals surface area contributed by atoms with Gasteiger partial charge in [-0.25, -0.2) is 9.36 Å². The summed E-state index contributed by atoms with van der Waals surface area (Å²) >= 11 is 0. The van der Waals surface area contributed by atoms with Crippen LogP contribution in [0.25, 0.3) is 0 Å². The first-order valence-electron chi connectivity index (χ1n) is 28.8. The van der Waals surface area contributed by atoms with E-state index in [1.807, 2.05) is 6.92 Å². The van der Waals surface area contributed by atoms with E-state index in [9.17, 15) is 29.6 Å². The highest BCUT2D eigenvalue weighted by Crippen LogP contribution is 2.46. The number of aliphatic hydroxyl groups excluding tert-OH is 3. The molecule has 0 spiro atoms. The van der Waals surface area contributed by atoms with Crippen molar-refractivity contribution in [1.29, 1.82) is 0 Å². The molecular formula is C66H107O10P. The number of aliphatic carboxylic acids is 1. The second-order valence-corrected chi connectivity index (χ2v) is 23.8. The van der Waals surface area contributed by atoms with E-state index in [0.717, 1.165) is 128 Å². The van der Waals surface area contributed by atoms with Crippen LogP contribution in [0.5, 0.6) is 0 Å². The van der Waals surface area contributed by atoms with Crippen molar-refractivity contribution < 1.29 is 48.5 Å². The fourth-order valence-corrected chi connectivity index (χ4v) is 9.51. The Balaban J connectivity index is 2.27. The van der Waals surface area contributed by atoms with Gasteiger partial charge in [0.2, 0.25) is 0 Å². The predicted molar refractivity (Wildman–Crippen MR) is 324 cm³/mol. The Labute approximate surface area is 468 Å². The minimum atomic E-state index is -4.81. The van der Waals surface area contributed by atoms with E-state index in [4.69, 9.17) is 18.9 Å². The zero-order chi connectivity index (χ0) is 57.8. The number of aliphatic hydroxyl groups is 3. The van der Waals surface area contributed by atoms with Gasteiger partial charge in [-0.1, -0.05) is 140 Å². The largest absolute Gasteiger partial charge is 0.479 e. The fourth-order valence-electron chi connectivity index (χ4n) is 8.75. The monoisotopic (exact) mass is 1090 g/mol. The summed E-state index contributed by atoms with van der Waals surface area (Å²) in [6.07, 6.45) is 41.9. The van der Waals surface area contributed by atoms with Crippen LogP contribution in [0.1, 0.15) is 231 Å². The molecule has 436 valence electrons. The molecule has 10 nitrogen and oxygen atoms in total. The Bertz CT molecular complexity index is 2190. The van der Waals surface area contributed by atoms with Gasteiger partial charge in [0, 0.05) is 0 Å². The molecule has 6 atom stereocenters. The van der Waals surface area contributed by atoms with E-state index in [0.29, 0.717) is 6.42 Å². The number of rotatable bonds is 39. The molecule has 1 fully saturated rings. The highest BCUT2D eigenvalue weighted by molar-refractivity contribution is 7.47. The number of hydrogen-bond donors (Lipinski definition) is 5. The Morgan fingerprint density at radius 2 is 0.623 bits per heavy atom. The maximum absolute atomic E-state index is 12.4. The van der Waals surface area contributed by atoms with Gasteiger partial charge in [-0.3, -0.25) is 9.05 Å². The first-order valence-corrected chi connectivity index (χ1v) is 30.3. The molecule has 4 unspecified atom stereocenters. The smallest absolute Gasteiger partial charge is 0.474 e. The van der Waals surface area contributed by atoms with Crippen LogP contribution in [0.2, 0.25) is 0 Å². The van der Waals surface area contributed by atoms with E-state index >= 15 is 0 Å². The number of phosphoric acid groups is 1. The third kappa shape index (κ3) is 37.0. The van der Waals surface area contributed by atoms with Crippen LogP contribution in [-0.4, -0.2) is 68.6 Å². The number of hydrogen-bond acceptors (Lipinski definition) is 8. The molecule has 0 saturated carbocycles. The van der Waals surface area contributed by atoms with Crippen molar-refractivity contribution in [2.45, 2.75) is 262 Å². The number of carbonyl (C=O) groups is 1. The molecule has 1 heterocycles. The maximum Gasteiger partial charge on any atom is 0.474 e. The van der Waals surface area contributed by atoms with Crippen molar-refractivity contribution in [3.63, 3.8) is 0 Å². The van der Waals surface area contributed by atoms with Gasteiger partial charge in [-0.15, -0.1) is 0 Å². The Kier molecular flexibility index (Phi) is 38.3. The van der Waals surface area contributed by atoms with E-state index in [2.05, 4.69) is 150 Å². The van der Waals surface area contributed by atoms with Crippen LogP contribution < -0.4 is 0 Å². The lowest BCUT2D eigenvalue weighted by molar-refractivity contribution is -0.274. The summed E-state index contributed by atoms with van der Waals surface area (Å²) in [7, 11) is -4.81. The lowest BCUT2D eigenvalue weighted by atomic mass is 9.99. The van der Waals surface area contributed by atoms with Gasteiger partial charge in [0.05, 0.1) is 6.61 Å². The Morgan fingerprint density at radius 3 is 0.857 bits per heavy atom. The van der Waals surface area contributed by atoms with Crippen LogP contribution in [0.4, 0.5) is 0 Å². The Hall–Kier alpha value is -3.70. The molecule has 5 N–H and O–H groups in total. The van der Waals surface area contributed by atoms with Crippen molar-refractivity contribution in [2.75, 3.05) is 6.61 Å². The number of carboxylic acids is 1. The van der Waals surface area contributed by atoms with E-state index in [1.54, 1.807) is 6.08 Å². The van der Waals surface area contributed by atoms with Gasteiger partial charge in [0.1, 0.15) is 18.3 Å². The molecule has 11 heteroatoms.